The topological polar surface area (TPSA) is 60.0 Å². The molecule has 0 bridgehead atoms. The molecule has 6 heteroatoms. The molecule has 1 aliphatic heterocycles. The van der Waals surface area contributed by atoms with Gasteiger partial charge in [0, 0.05) is 19.1 Å². The van der Waals surface area contributed by atoms with E-state index in [1.165, 1.54) is 6.42 Å². The number of likely N-dealkylation sites (tertiary alicyclic amines) is 1. The molecule has 2 heterocycles. The Morgan fingerprint density at radius 2 is 2.17 bits per heavy atom. The van der Waals surface area contributed by atoms with Gasteiger partial charge in [0.15, 0.2) is 0 Å². The van der Waals surface area contributed by atoms with Crippen LogP contribution in [0.25, 0.3) is 0 Å². The summed E-state index contributed by atoms with van der Waals surface area (Å²) in [6, 6.07) is 0.321. The summed E-state index contributed by atoms with van der Waals surface area (Å²) in [6.45, 7) is 9.34. The zero-order valence-electron chi connectivity index (χ0n) is 11.5. The third kappa shape index (κ3) is 3.93. The Morgan fingerprint density at radius 3 is 2.72 bits per heavy atom. The largest absolute Gasteiger partial charge is 0.327 e. The van der Waals surface area contributed by atoms with Gasteiger partial charge < -0.3 is 5.73 Å². The first-order valence-corrected chi connectivity index (χ1v) is 6.35. The minimum absolute atomic E-state index is 0. The van der Waals surface area contributed by atoms with E-state index < -0.39 is 0 Å². The minimum atomic E-state index is 0. The molecular weight excluding hydrogens is 250 g/mol. The summed E-state index contributed by atoms with van der Waals surface area (Å²) in [6.07, 6.45) is 4.37. The highest BCUT2D eigenvalue weighted by Crippen LogP contribution is 2.14. The van der Waals surface area contributed by atoms with Crippen LogP contribution in [0.4, 0.5) is 0 Å². The number of rotatable bonds is 2. The molecule has 1 atom stereocenters. The Bertz CT molecular complexity index is 371. The summed E-state index contributed by atoms with van der Waals surface area (Å²) in [4.78, 5) is 2.37. The van der Waals surface area contributed by atoms with E-state index in [0.29, 0.717) is 6.04 Å². The Morgan fingerprint density at radius 1 is 1.44 bits per heavy atom. The molecule has 1 aliphatic rings. The molecule has 2 N–H and O–H groups in total. The molecule has 0 unspecified atom stereocenters. The van der Waals surface area contributed by atoms with Gasteiger partial charge in [0.1, 0.15) is 0 Å². The minimum Gasteiger partial charge on any atom is -0.327 e. The molecule has 0 aromatic carbocycles. The van der Waals surface area contributed by atoms with Crippen molar-refractivity contribution in [2.75, 3.05) is 13.1 Å². The molecule has 0 radical (unpaired) electrons. The van der Waals surface area contributed by atoms with Crippen LogP contribution in [-0.2, 0) is 12.1 Å². The molecule has 0 saturated carbocycles. The fraction of sp³-hybridized carbons (Fsp3) is 0.833. The van der Waals surface area contributed by atoms with Gasteiger partial charge in [0.2, 0.25) is 0 Å². The van der Waals surface area contributed by atoms with Gasteiger partial charge in [-0.15, -0.1) is 17.5 Å². The van der Waals surface area contributed by atoms with Gasteiger partial charge >= 0.3 is 0 Å². The first-order valence-electron chi connectivity index (χ1n) is 6.35. The second-order valence-electron chi connectivity index (χ2n) is 5.96. The van der Waals surface area contributed by atoms with Crippen molar-refractivity contribution in [3.8, 4) is 0 Å². The van der Waals surface area contributed by atoms with Crippen molar-refractivity contribution in [2.24, 2.45) is 5.73 Å². The average molecular weight is 274 g/mol. The molecule has 1 aromatic rings. The number of nitrogens with zero attached hydrogens (tertiary/aromatic N) is 4. The number of piperidine rings is 1. The predicted octanol–water partition coefficient (Wildman–Crippen LogP) is 1.38. The molecule has 2 rings (SSSR count). The fourth-order valence-electron chi connectivity index (χ4n) is 2.16. The van der Waals surface area contributed by atoms with Crippen LogP contribution in [0, 0.1) is 0 Å². The molecule has 1 fully saturated rings. The van der Waals surface area contributed by atoms with Crippen LogP contribution in [0.1, 0.15) is 39.3 Å². The van der Waals surface area contributed by atoms with Gasteiger partial charge in [0.25, 0.3) is 0 Å². The molecule has 1 saturated heterocycles. The Labute approximate surface area is 115 Å². The summed E-state index contributed by atoms with van der Waals surface area (Å²) in [5, 5.41) is 8.41. The normalized spacial score (nSPS) is 21.7. The van der Waals surface area contributed by atoms with Gasteiger partial charge in [-0.2, -0.15) is 0 Å². The fourth-order valence-corrected chi connectivity index (χ4v) is 2.16. The molecule has 0 spiro atoms. The first kappa shape index (κ1) is 15.4. The van der Waals surface area contributed by atoms with Crippen molar-refractivity contribution in [3.05, 3.63) is 11.9 Å². The predicted molar refractivity (Wildman–Crippen MR) is 74.8 cm³/mol. The maximum absolute atomic E-state index is 5.97. The second-order valence-corrected chi connectivity index (χ2v) is 5.96. The third-order valence-corrected chi connectivity index (χ3v) is 3.16. The highest BCUT2D eigenvalue weighted by Gasteiger charge is 2.19. The zero-order valence-corrected chi connectivity index (χ0v) is 12.3. The van der Waals surface area contributed by atoms with Crippen molar-refractivity contribution in [2.45, 2.75) is 51.7 Å². The summed E-state index contributed by atoms with van der Waals surface area (Å²) >= 11 is 0. The molecule has 5 nitrogen and oxygen atoms in total. The maximum Gasteiger partial charge on any atom is 0.0967 e. The van der Waals surface area contributed by atoms with E-state index in [0.717, 1.165) is 31.7 Å². The van der Waals surface area contributed by atoms with E-state index in [1.54, 1.807) is 0 Å². The third-order valence-electron chi connectivity index (χ3n) is 3.16. The zero-order chi connectivity index (χ0) is 12.5. The van der Waals surface area contributed by atoms with Crippen molar-refractivity contribution in [1.82, 2.24) is 19.9 Å². The molecule has 1 aromatic heterocycles. The van der Waals surface area contributed by atoms with Gasteiger partial charge in [-0.1, -0.05) is 5.21 Å². The lowest BCUT2D eigenvalue weighted by atomic mass is 10.1. The molecular formula is C12H24ClN5. The smallest absolute Gasteiger partial charge is 0.0967 e. The van der Waals surface area contributed by atoms with E-state index in [2.05, 4.69) is 36.0 Å². The number of aromatic nitrogens is 3. The molecule has 18 heavy (non-hydrogen) atoms. The van der Waals surface area contributed by atoms with Gasteiger partial charge in [-0.25, -0.2) is 4.68 Å². The monoisotopic (exact) mass is 273 g/mol. The lowest BCUT2D eigenvalue weighted by Gasteiger charge is -2.29. The SMILES string of the molecule is CC(C)(C)n1cc(CN2CCC[C@@H](N)C2)nn1.Cl. The number of hydrogen-bond donors (Lipinski definition) is 1. The van der Waals surface area contributed by atoms with E-state index in [1.807, 2.05) is 10.9 Å². The summed E-state index contributed by atoms with van der Waals surface area (Å²) in [5.41, 5.74) is 7.01. The van der Waals surface area contributed by atoms with Crippen molar-refractivity contribution >= 4 is 12.4 Å². The van der Waals surface area contributed by atoms with Crippen LogP contribution in [0.3, 0.4) is 0 Å². The van der Waals surface area contributed by atoms with Crippen LogP contribution in [0.15, 0.2) is 6.20 Å². The quantitative estimate of drug-likeness (QED) is 0.884. The van der Waals surface area contributed by atoms with Crippen molar-refractivity contribution < 1.29 is 0 Å². The summed E-state index contributed by atoms with van der Waals surface area (Å²) < 4.78 is 1.92. The summed E-state index contributed by atoms with van der Waals surface area (Å²) in [7, 11) is 0. The molecule has 0 aliphatic carbocycles. The van der Waals surface area contributed by atoms with Crippen molar-refractivity contribution in [1.29, 1.82) is 0 Å². The Balaban J connectivity index is 0.00000162. The second kappa shape index (κ2) is 5.99. The first-order chi connectivity index (χ1) is 7.95. The van der Waals surface area contributed by atoms with E-state index >= 15 is 0 Å². The number of halogens is 1. The standard InChI is InChI=1S/C12H23N5.ClH/c1-12(2,3)17-9-11(14-15-17)8-16-6-4-5-10(13)7-16;/h9-10H,4-8,13H2,1-3H3;1H/t10-;/m1./s1. The van der Waals surface area contributed by atoms with Gasteiger partial charge in [-0.3, -0.25) is 4.90 Å². The van der Waals surface area contributed by atoms with Crippen LogP contribution in [0.5, 0.6) is 0 Å². The Hall–Kier alpha value is -0.650. The maximum atomic E-state index is 5.97. The molecule has 0 amide bonds. The average Bonchev–Trinajstić information content (AvgIpc) is 2.65. The number of hydrogen-bond acceptors (Lipinski definition) is 4. The highest BCUT2D eigenvalue weighted by molar-refractivity contribution is 5.85. The van der Waals surface area contributed by atoms with Crippen LogP contribution < -0.4 is 5.73 Å². The number of nitrogens with two attached hydrogens (primary N) is 1. The highest BCUT2D eigenvalue weighted by atomic mass is 35.5. The lowest BCUT2D eigenvalue weighted by molar-refractivity contribution is 0.199. The van der Waals surface area contributed by atoms with Crippen molar-refractivity contribution in [3.63, 3.8) is 0 Å². The van der Waals surface area contributed by atoms with Gasteiger partial charge in [0.05, 0.1) is 17.4 Å². The van der Waals surface area contributed by atoms with Crippen LogP contribution in [-0.4, -0.2) is 39.0 Å². The van der Waals surface area contributed by atoms with Gasteiger partial charge in [-0.05, 0) is 40.2 Å². The van der Waals surface area contributed by atoms with E-state index in [9.17, 15) is 0 Å². The van der Waals surface area contributed by atoms with Crippen LogP contribution >= 0.6 is 12.4 Å². The van der Waals surface area contributed by atoms with E-state index in [-0.39, 0.29) is 17.9 Å². The molecule has 104 valence electrons. The lowest BCUT2D eigenvalue weighted by Crippen LogP contribution is -2.42. The van der Waals surface area contributed by atoms with E-state index in [4.69, 9.17) is 5.73 Å². The van der Waals surface area contributed by atoms with Crippen LogP contribution in [0.2, 0.25) is 0 Å². The Kier molecular flexibility index (Phi) is 5.13. The summed E-state index contributed by atoms with van der Waals surface area (Å²) in [5.74, 6) is 0.